The van der Waals surface area contributed by atoms with Crippen LogP contribution in [0.1, 0.15) is 12.6 Å². The van der Waals surface area contributed by atoms with Gasteiger partial charge in [-0.25, -0.2) is 23.3 Å². The number of amides is 2. The van der Waals surface area contributed by atoms with Crippen molar-refractivity contribution in [3.8, 4) is 11.3 Å². The van der Waals surface area contributed by atoms with Gasteiger partial charge < -0.3 is 14.3 Å². The van der Waals surface area contributed by atoms with Gasteiger partial charge in [-0.15, -0.1) is 0 Å². The van der Waals surface area contributed by atoms with Crippen molar-refractivity contribution in [1.29, 1.82) is 0 Å². The summed E-state index contributed by atoms with van der Waals surface area (Å²) in [6.07, 6.45) is 0.593. The van der Waals surface area contributed by atoms with Gasteiger partial charge in [0.15, 0.2) is 17.2 Å². The second-order valence-electron chi connectivity index (χ2n) is 7.06. The molecule has 11 heteroatoms. The molecule has 0 saturated carbocycles. The number of nitrogens with zero attached hydrogens (tertiary/aromatic N) is 3. The molecule has 0 saturated heterocycles. The summed E-state index contributed by atoms with van der Waals surface area (Å²) in [5, 5.41) is 12.6. The smallest absolute Gasteiger partial charge is 0.416 e. The van der Waals surface area contributed by atoms with Crippen LogP contribution in [-0.2, 0) is 4.74 Å². The number of furan rings is 1. The fraction of sp³-hybridized carbons (Fsp3) is 0.130. The van der Waals surface area contributed by atoms with Crippen LogP contribution in [0.5, 0.6) is 0 Å². The lowest BCUT2D eigenvalue weighted by atomic mass is 10.1. The zero-order valence-electron chi connectivity index (χ0n) is 18.0. The van der Waals surface area contributed by atoms with E-state index in [-0.39, 0.29) is 34.8 Å². The van der Waals surface area contributed by atoms with Gasteiger partial charge in [0.1, 0.15) is 11.4 Å². The third-order valence-corrected chi connectivity index (χ3v) is 4.82. The van der Waals surface area contributed by atoms with Crippen LogP contribution in [0.15, 0.2) is 53.2 Å². The first kappa shape index (κ1) is 22.6. The fourth-order valence-corrected chi connectivity index (χ4v) is 3.44. The Morgan fingerprint density at radius 3 is 2.56 bits per heavy atom. The Labute approximate surface area is 191 Å². The summed E-state index contributed by atoms with van der Waals surface area (Å²) < 4.78 is 38.3. The molecular weight excluding hydrogens is 450 g/mol. The largest absolute Gasteiger partial charge is 0.464 e. The summed E-state index contributed by atoms with van der Waals surface area (Å²) in [4.78, 5) is 33.7. The van der Waals surface area contributed by atoms with Gasteiger partial charge in [-0.3, -0.25) is 15.3 Å². The van der Waals surface area contributed by atoms with Crippen LogP contribution in [0.2, 0.25) is 0 Å². The van der Waals surface area contributed by atoms with Gasteiger partial charge in [0, 0.05) is 29.7 Å². The normalized spacial score (nSPS) is 10.8. The Kier molecular flexibility index (Phi) is 6.09. The second-order valence-corrected chi connectivity index (χ2v) is 7.06. The Morgan fingerprint density at radius 2 is 1.88 bits per heavy atom. The first-order chi connectivity index (χ1) is 16.3. The molecule has 0 aliphatic carbocycles. The van der Waals surface area contributed by atoms with Gasteiger partial charge in [-0.05, 0) is 44.2 Å². The highest BCUT2D eigenvalue weighted by Gasteiger charge is 2.30. The van der Waals surface area contributed by atoms with E-state index in [0.717, 1.165) is 18.2 Å². The van der Waals surface area contributed by atoms with Crippen LogP contribution in [0, 0.1) is 18.6 Å². The SMILES string of the molecule is CCOC(=O)Nc1oc2c(-c3ccnc(C)c3)nccc2c1N(C(=O)O)c1ccc(F)c(F)c1. The van der Waals surface area contributed by atoms with E-state index in [1.165, 1.54) is 12.3 Å². The lowest BCUT2D eigenvalue weighted by Crippen LogP contribution is -2.25. The molecule has 3 aromatic heterocycles. The highest BCUT2D eigenvalue weighted by atomic mass is 19.2. The number of rotatable bonds is 5. The van der Waals surface area contributed by atoms with E-state index in [0.29, 0.717) is 21.9 Å². The zero-order valence-corrected chi connectivity index (χ0v) is 18.0. The number of hydrogen-bond acceptors (Lipinski definition) is 6. The zero-order chi connectivity index (χ0) is 24.4. The van der Waals surface area contributed by atoms with Crippen molar-refractivity contribution in [3.05, 3.63) is 66.1 Å². The molecule has 1 aromatic carbocycles. The van der Waals surface area contributed by atoms with Gasteiger partial charge in [0.05, 0.1) is 17.7 Å². The summed E-state index contributed by atoms with van der Waals surface area (Å²) in [6, 6.07) is 7.55. The Bertz CT molecular complexity index is 1410. The summed E-state index contributed by atoms with van der Waals surface area (Å²) in [5.41, 5.74) is 1.52. The molecule has 0 aliphatic rings. The van der Waals surface area contributed by atoms with Gasteiger partial charge in [0.25, 0.3) is 0 Å². The number of carbonyl (C=O) groups is 2. The van der Waals surface area contributed by atoms with E-state index < -0.39 is 23.8 Å². The van der Waals surface area contributed by atoms with Crippen LogP contribution in [0.25, 0.3) is 22.2 Å². The summed E-state index contributed by atoms with van der Waals surface area (Å²) >= 11 is 0. The van der Waals surface area contributed by atoms with Crippen molar-refractivity contribution in [1.82, 2.24) is 9.97 Å². The van der Waals surface area contributed by atoms with E-state index in [4.69, 9.17) is 9.15 Å². The molecule has 0 bridgehead atoms. The molecule has 0 aliphatic heterocycles. The van der Waals surface area contributed by atoms with E-state index in [9.17, 15) is 23.5 Å². The average molecular weight is 468 g/mol. The minimum Gasteiger partial charge on any atom is -0.464 e. The van der Waals surface area contributed by atoms with E-state index >= 15 is 0 Å². The number of aryl methyl sites for hydroxylation is 1. The van der Waals surface area contributed by atoms with Crippen LogP contribution in [0.3, 0.4) is 0 Å². The van der Waals surface area contributed by atoms with E-state index in [1.807, 2.05) is 0 Å². The number of carbonyl (C=O) groups excluding carboxylic acids is 1. The van der Waals surface area contributed by atoms with Crippen molar-refractivity contribution >= 4 is 40.4 Å². The Morgan fingerprint density at radius 1 is 1.12 bits per heavy atom. The molecular formula is C23H18F2N4O5. The molecule has 0 atom stereocenters. The highest BCUT2D eigenvalue weighted by Crippen LogP contribution is 2.44. The first-order valence-electron chi connectivity index (χ1n) is 10.1. The summed E-state index contributed by atoms with van der Waals surface area (Å²) in [5.74, 6) is -2.66. The number of carboxylic acid groups (broad SMARTS) is 1. The fourth-order valence-electron chi connectivity index (χ4n) is 3.44. The number of ether oxygens (including phenoxy) is 1. The molecule has 2 N–H and O–H groups in total. The number of benzene rings is 1. The number of pyridine rings is 2. The Balaban J connectivity index is 1.99. The van der Waals surface area contributed by atoms with Crippen LogP contribution in [0.4, 0.5) is 35.6 Å². The molecule has 0 fully saturated rings. The highest BCUT2D eigenvalue weighted by molar-refractivity contribution is 6.12. The molecule has 0 spiro atoms. The first-order valence-corrected chi connectivity index (χ1v) is 10.1. The predicted molar refractivity (Wildman–Crippen MR) is 119 cm³/mol. The molecule has 0 unspecified atom stereocenters. The summed E-state index contributed by atoms with van der Waals surface area (Å²) in [6.45, 7) is 3.44. The lowest BCUT2D eigenvalue weighted by Gasteiger charge is -2.20. The number of anilines is 3. The Hall–Kier alpha value is -4.54. The minimum atomic E-state index is -1.53. The number of hydrogen-bond donors (Lipinski definition) is 2. The van der Waals surface area contributed by atoms with E-state index in [2.05, 4.69) is 15.3 Å². The van der Waals surface area contributed by atoms with Gasteiger partial charge in [-0.2, -0.15) is 0 Å². The number of nitrogens with one attached hydrogen (secondary N) is 1. The minimum absolute atomic E-state index is 0.0519. The third-order valence-electron chi connectivity index (χ3n) is 4.82. The molecule has 34 heavy (non-hydrogen) atoms. The topological polar surface area (TPSA) is 118 Å². The van der Waals surface area contributed by atoms with Crippen LogP contribution < -0.4 is 10.2 Å². The van der Waals surface area contributed by atoms with Gasteiger partial charge in [0.2, 0.25) is 5.88 Å². The van der Waals surface area contributed by atoms with Crippen molar-refractivity contribution in [2.45, 2.75) is 13.8 Å². The van der Waals surface area contributed by atoms with Crippen LogP contribution in [-0.4, -0.2) is 33.9 Å². The quantitative estimate of drug-likeness (QED) is 0.377. The number of aromatic nitrogens is 2. The third kappa shape index (κ3) is 4.22. The maximum absolute atomic E-state index is 14.0. The van der Waals surface area contributed by atoms with Crippen LogP contribution >= 0.6 is 0 Å². The monoisotopic (exact) mass is 468 g/mol. The van der Waals surface area contributed by atoms with Crippen molar-refractivity contribution < 1.29 is 32.6 Å². The van der Waals surface area contributed by atoms with Crippen molar-refractivity contribution in [2.24, 2.45) is 0 Å². The second kappa shape index (κ2) is 9.14. The van der Waals surface area contributed by atoms with Gasteiger partial charge >= 0.3 is 12.2 Å². The molecule has 0 radical (unpaired) electrons. The molecule has 9 nitrogen and oxygen atoms in total. The van der Waals surface area contributed by atoms with Gasteiger partial charge in [-0.1, -0.05) is 0 Å². The maximum atomic E-state index is 14.0. The molecule has 174 valence electrons. The molecule has 4 aromatic rings. The summed E-state index contributed by atoms with van der Waals surface area (Å²) in [7, 11) is 0. The maximum Gasteiger partial charge on any atom is 0.416 e. The van der Waals surface area contributed by atoms with E-state index in [1.54, 1.807) is 32.2 Å². The molecule has 3 heterocycles. The predicted octanol–water partition coefficient (Wildman–Crippen LogP) is 5.86. The standard InChI is InChI=1S/C23H18F2N4O5/c1-3-33-22(30)28-21-19(29(23(31)32)14-4-5-16(24)17(25)11-14)15-7-9-27-18(20(15)34-21)13-6-8-26-12(2)10-13/h4-11H,3H2,1-2H3,(H,28,30)(H,31,32). The molecule has 4 rings (SSSR count). The number of halogens is 2. The van der Waals surface area contributed by atoms with Crippen molar-refractivity contribution in [3.63, 3.8) is 0 Å². The molecule has 2 amide bonds. The number of fused-ring (bicyclic) bond motifs is 1. The lowest BCUT2D eigenvalue weighted by molar-refractivity contribution is 0.167. The average Bonchev–Trinajstić information content (AvgIpc) is 3.14. The van der Waals surface area contributed by atoms with Crippen molar-refractivity contribution in [2.75, 3.05) is 16.8 Å².